The van der Waals surface area contributed by atoms with Crippen molar-refractivity contribution in [3.63, 3.8) is 0 Å². The van der Waals surface area contributed by atoms with Crippen molar-refractivity contribution in [1.29, 1.82) is 0 Å². The number of aryl methyl sites for hydroxylation is 1. The molecule has 1 heterocycles. The fraction of sp³-hybridized carbons (Fsp3) is 0.643. The van der Waals surface area contributed by atoms with E-state index in [1.807, 2.05) is 6.92 Å². The molecule has 0 spiro atoms. The van der Waals surface area contributed by atoms with E-state index < -0.39 is 11.5 Å². The van der Waals surface area contributed by atoms with Gasteiger partial charge in [0.2, 0.25) is 0 Å². The first-order chi connectivity index (χ1) is 10.0. The predicted octanol–water partition coefficient (Wildman–Crippen LogP) is 2.43. The van der Waals surface area contributed by atoms with Crippen LogP contribution in [0.25, 0.3) is 0 Å². The van der Waals surface area contributed by atoms with Crippen LogP contribution in [0, 0.1) is 6.92 Å². The van der Waals surface area contributed by atoms with Gasteiger partial charge in [0.1, 0.15) is 0 Å². The van der Waals surface area contributed by atoms with Gasteiger partial charge in [-0.2, -0.15) is 0 Å². The first kappa shape index (κ1) is 15.8. The number of carboxylic acids is 1. The second-order valence-electron chi connectivity index (χ2n) is 5.58. The number of urea groups is 1. The third-order valence-electron chi connectivity index (χ3n) is 3.93. The van der Waals surface area contributed by atoms with Crippen LogP contribution >= 0.6 is 11.3 Å². The van der Waals surface area contributed by atoms with E-state index in [1.54, 1.807) is 5.51 Å². The van der Waals surface area contributed by atoms with Crippen molar-refractivity contribution in [2.45, 2.75) is 57.5 Å². The Hall–Kier alpha value is -1.63. The van der Waals surface area contributed by atoms with E-state index in [9.17, 15) is 9.59 Å². The van der Waals surface area contributed by atoms with Crippen LogP contribution in [0.1, 0.15) is 49.1 Å². The van der Waals surface area contributed by atoms with Gasteiger partial charge in [0.25, 0.3) is 0 Å². The highest BCUT2D eigenvalue weighted by Crippen LogP contribution is 2.31. The first-order valence-corrected chi connectivity index (χ1v) is 8.05. The molecule has 0 aromatic carbocycles. The summed E-state index contributed by atoms with van der Waals surface area (Å²) in [7, 11) is 0. The van der Waals surface area contributed by atoms with Gasteiger partial charge in [0, 0.05) is 4.88 Å². The molecular formula is C14H21N3O3S. The van der Waals surface area contributed by atoms with Crippen molar-refractivity contribution >= 4 is 23.3 Å². The van der Waals surface area contributed by atoms with Crippen molar-refractivity contribution in [2.75, 3.05) is 0 Å². The van der Waals surface area contributed by atoms with Crippen molar-refractivity contribution in [3.05, 3.63) is 16.1 Å². The number of carbonyl (C=O) groups is 2. The van der Waals surface area contributed by atoms with Crippen molar-refractivity contribution in [2.24, 2.45) is 0 Å². The van der Waals surface area contributed by atoms with Crippen LogP contribution in [0.3, 0.4) is 0 Å². The lowest BCUT2D eigenvalue weighted by molar-refractivity contribution is -0.139. The Labute approximate surface area is 128 Å². The largest absolute Gasteiger partial charge is 0.481 e. The highest BCUT2D eigenvalue weighted by atomic mass is 32.1. The van der Waals surface area contributed by atoms with E-state index in [1.165, 1.54) is 11.3 Å². The Morgan fingerprint density at radius 1 is 1.38 bits per heavy atom. The molecular weight excluding hydrogens is 290 g/mol. The maximum absolute atomic E-state index is 12.1. The summed E-state index contributed by atoms with van der Waals surface area (Å²) >= 11 is 1.50. The highest BCUT2D eigenvalue weighted by molar-refractivity contribution is 7.09. The molecule has 1 aromatic rings. The van der Waals surface area contributed by atoms with Crippen LogP contribution in [0.15, 0.2) is 5.51 Å². The molecule has 0 radical (unpaired) electrons. The fourth-order valence-electron chi connectivity index (χ4n) is 2.81. The summed E-state index contributed by atoms with van der Waals surface area (Å²) in [5.74, 6) is -0.865. The molecule has 0 aliphatic heterocycles. The molecule has 1 fully saturated rings. The predicted molar refractivity (Wildman–Crippen MR) is 80.3 cm³/mol. The molecule has 3 N–H and O–H groups in total. The van der Waals surface area contributed by atoms with Crippen LogP contribution in [0.4, 0.5) is 4.79 Å². The van der Waals surface area contributed by atoms with E-state index in [4.69, 9.17) is 5.11 Å². The first-order valence-electron chi connectivity index (χ1n) is 7.17. The van der Waals surface area contributed by atoms with Gasteiger partial charge >= 0.3 is 12.0 Å². The minimum absolute atomic E-state index is 0.0139. The van der Waals surface area contributed by atoms with Gasteiger partial charge < -0.3 is 15.7 Å². The van der Waals surface area contributed by atoms with E-state index in [2.05, 4.69) is 15.6 Å². The summed E-state index contributed by atoms with van der Waals surface area (Å²) in [6.07, 6.45) is 4.46. The molecule has 1 aromatic heterocycles. The van der Waals surface area contributed by atoms with E-state index >= 15 is 0 Å². The number of aliphatic carboxylic acids is 1. The van der Waals surface area contributed by atoms with Gasteiger partial charge in [-0.25, -0.2) is 9.78 Å². The standard InChI is InChI=1S/C14H21N3O3S/c1-10-11(21-9-16-10)8-15-13(20)17-14(7-12(18)19)5-3-2-4-6-14/h9H,2-8H2,1H3,(H,18,19)(H2,15,17,20). The SMILES string of the molecule is Cc1ncsc1CNC(=O)NC1(CC(=O)O)CCCCC1. The van der Waals surface area contributed by atoms with Crippen LogP contribution in [-0.4, -0.2) is 27.6 Å². The molecule has 2 amide bonds. The van der Waals surface area contributed by atoms with Gasteiger partial charge in [-0.1, -0.05) is 19.3 Å². The monoisotopic (exact) mass is 311 g/mol. The van der Waals surface area contributed by atoms with Gasteiger partial charge in [0.05, 0.1) is 29.7 Å². The summed E-state index contributed by atoms with van der Waals surface area (Å²) in [5.41, 5.74) is 2.06. The lowest BCUT2D eigenvalue weighted by atomic mass is 9.79. The Bertz CT molecular complexity index is 509. The zero-order chi connectivity index (χ0) is 15.3. The summed E-state index contributed by atoms with van der Waals surface area (Å²) in [6, 6.07) is -0.300. The number of nitrogens with zero attached hydrogens (tertiary/aromatic N) is 1. The number of amides is 2. The molecule has 0 atom stereocenters. The molecule has 2 rings (SSSR count). The minimum Gasteiger partial charge on any atom is -0.481 e. The van der Waals surface area contributed by atoms with Crippen molar-refractivity contribution in [3.8, 4) is 0 Å². The number of hydrogen-bond acceptors (Lipinski definition) is 4. The molecule has 6 nitrogen and oxygen atoms in total. The van der Waals surface area contributed by atoms with E-state index in [0.717, 1.165) is 42.7 Å². The van der Waals surface area contributed by atoms with E-state index in [0.29, 0.717) is 6.54 Å². The molecule has 1 aliphatic carbocycles. The smallest absolute Gasteiger partial charge is 0.315 e. The van der Waals surface area contributed by atoms with Gasteiger partial charge in [-0.05, 0) is 19.8 Å². The Balaban J connectivity index is 1.91. The summed E-state index contributed by atoms with van der Waals surface area (Å²) in [6.45, 7) is 2.32. The minimum atomic E-state index is -0.865. The average Bonchev–Trinajstić information content (AvgIpc) is 2.82. The number of hydrogen-bond donors (Lipinski definition) is 3. The summed E-state index contributed by atoms with van der Waals surface area (Å²) < 4.78 is 0. The fourth-order valence-corrected chi connectivity index (χ4v) is 3.52. The van der Waals surface area contributed by atoms with Crippen LogP contribution in [0.5, 0.6) is 0 Å². The van der Waals surface area contributed by atoms with Crippen LogP contribution < -0.4 is 10.6 Å². The van der Waals surface area contributed by atoms with E-state index in [-0.39, 0.29) is 12.5 Å². The second-order valence-corrected chi connectivity index (χ2v) is 6.52. The molecule has 7 heteroatoms. The third-order valence-corrected chi connectivity index (χ3v) is 4.87. The Morgan fingerprint density at radius 3 is 2.67 bits per heavy atom. The third kappa shape index (κ3) is 4.42. The van der Waals surface area contributed by atoms with Gasteiger partial charge in [-0.3, -0.25) is 4.79 Å². The molecule has 1 saturated carbocycles. The molecule has 0 saturated heterocycles. The Morgan fingerprint density at radius 2 is 2.10 bits per heavy atom. The summed E-state index contributed by atoms with van der Waals surface area (Å²) in [4.78, 5) is 28.3. The van der Waals surface area contributed by atoms with Crippen molar-refractivity contribution < 1.29 is 14.7 Å². The van der Waals surface area contributed by atoms with Gasteiger partial charge in [-0.15, -0.1) is 11.3 Å². The van der Waals surface area contributed by atoms with Crippen molar-refractivity contribution in [1.82, 2.24) is 15.6 Å². The molecule has 116 valence electrons. The molecule has 1 aliphatic rings. The number of carbonyl (C=O) groups excluding carboxylic acids is 1. The molecule has 0 bridgehead atoms. The number of aromatic nitrogens is 1. The molecule has 21 heavy (non-hydrogen) atoms. The lowest BCUT2D eigenvalue weighted by Gasteiger charge is -2.36. The normalized spacial score (nSPS) is 17.2. The second kappa shape index (κ2) is 6.89. The topological polar surface area (TPSA) is 91.3 Å². The van der Waals surface area contributed by atoms with Crippen LogP contribution in [0.2, 0.25) is 0 Å². The quantitative estimate of drug-likeness (QED) is 0.779. The highest BCUT2D eigenvalue weighted by Gasteiger charge is 2.35. The maximum Gasteiger partial charge on any atom is 0.315 e. The lowest BCUT2D eigenvalue weighted by Crippen LogP contribution is -2.54. The number of carboxylic acid groups (broad SMARTS) is 1. The maximum atomic E-state index is 12.1. The number of thiazole rings is 1. The van der Waals surface area contributed by atoms with Gasteiger partial charge in [0.15, 0.2) is 0 Å². The summed E-state index contributed by atoms with van der Waals surface area (Å²) in [5, 5.41) is 14.8. The number of nitrogens with one attached hydrogen (secondary N) is 2. The zero-order valence-corrected chi connectivity index (χ0v) is 13.0. The Kier molecular flexibility index (Phi) is 5.17. The average molecular weight is 311 g/mol. The molecule has 0 unspecified atom stereocenters. The van der Waals surface area contributed by atoms with Crippen LogP contribution in [-0.2, 0) is 11.3 Å². The zero-order valence-electron chi connectivity index (χ0n) is 12.1. The number of rotatable bonds is 5.